The van der Waals surface area contributed by atoms with E-state index in [0.717, 1.165) is 0 Å². The van der Waals surface area contributed by atoms with Crippen LogP contribution in [0.3, 0.4) is 0 Å². The zero-order valence-corrected chi connectivity index (χ0v) is 32.9. The van der Waals surface area contributed by atoms with Gasteiger partial charge in [-0.05, 0) is 74.9 Å². The quantitative estimate of drug-likeness (QED) is 0.238. The maximum atomic E-state index is 14.1. The van der Waals surface area contributed by atoms with Gasteiger partial charge in [-0.3, -0.25) is 9.59 Å². The van der Waals surface area contributed by atoms with Gasteiger partial charge in [0.05, 0.1) is 47.6 Å². The van der Waals surface area contributed by atoms with Crippen LogP contribution in [0.15, 0.2) is 0 Å². The van der Waals surface area contributed by atoms with Crippen LogP contribution in [0.5, 0.6) is 0 Å². The Morgan fingerprint density at radius 1 is 0.882 bits per heavy atom. The standard InChI is InChI=1S/C37H67NO13/c1-14-25-37(10,45)30(41)20(4)27(39)18(2)16-35(8,44)32(51-34-28(40)24(38(11)12)15-19(3)47-34)21(5)29(22(6)33(43)49-25)50-26-17-36(9,46-13)31(42)23(7)48-26/h18-26,28-32,34,40-42,44-45H,14-17H2,1-13H3/t18-,19-,20+,21+,22-,23+,24+,25-,26?,28-,29+,30-,31+,32-,34+,35-,36-,37-/m1/s1. The normalized spacial score (nSPS) is 49.7. The highest BCUT2D eigenvalue weighted by Gasteiger charge is 2.53. The molecule has 0 radical (unpaired) electrons. The third-order valence-corrected chi connectivity index (χ3v) is 11.8. The molecule has 3 aliphatic rings. The summed E-state index contributed by atoms with van der Waals surface area (Å²) in [6.07, 6.45) is -9.71. The topological polar surface area (TPSA) is 194 Å². The van der Waals surface area contributed by atoms with Crippen LogP contribution in [-0.2, 0) is 38.0 Å². The van der Waals surface area contributed by atoms with E-state index >= 15 is 0 Å². The predicted octanol–water partition coefficient (Wildman–Crippen LogP) is 1.79. The van der Waals surface area contributed by atoms with E-state index in [1.165, 1.54) is 27.9 Å². The van der Waals surface area contributed by atoms with Gasteiger partial charge in [-0.1, -0.05) is 27.7 Å². The summed E-state index contributed by atoms with van der Waals surface area (Å²) < 4.78 is 37.1. The molecule has 0 spiro atoms. The van der Waals surface area contributed by atoms with Crippen LogP contribution >= 0.6 is 0 Å². The van der Waals surface area contributed by atoms with Crippen LogP contribution in [0.1, 0.15) is 94.9 Å². The van der Waals surface area contributed by atoms with E-state index in [4.69, 9.17) is 28.4 Å². The van der Waals surface area contributed by atoms with E-state index in [-0.39, 0.29) is 31.4 Å². The van der Waals surface area contributed by atoms with Gasteiger partial charge in [0.25, 0.3) is 0 Å². The van der Waals surface area contributed by atoms with Crippen molar-refractivity contribution in [2.24, 2.45) is 23.7 Å². The smallest absolute Gasteiger partial charge is 0.311 e. The maximum Gasteiger partial charge on any atom is 0.311 e. The molecule has 0 saturated carbocycles. The summed E-state index contributed by atoms with van der Waals surface area (Å²) in [6, 6.07) is -0.324. The van der Waals surface area contributed by atoms with Crippen molar-refractivity contribution in [1.29, 1.82) is 0 Å². The van der Waals surface area contributed by atoms with Crippen molar-refractivity contribution in [3.05, 3.63) is 0 Å². The number of esters is 1. The molecule has 298 valence electrons. The average Bonchev–Trinajstić information content (AvgIpc) is 3.05. The number of carbonyl (C=O) groups excluding carboxylic acids is 2. The molecule has 0 bridgehead atoms. The molecule has 1 unspecified atom stereocenters. The van der Waals surface area contributed by atoms with E-state index in [0.29, 0.717) is 6.42 Å². The number of ether oxygens (including phenoxy) is 6. The van der Waals surface area contributed by atoms with Crippen LogP contribution in [-0.4, -0.2) is 148 Å². The van der Waals surface area contributed by atoms with Gasteiger partial charge in [-0.2, -0.15) is 0 Å². The zero-order chi connectivity index (χ0) is 39.0. The summed E-state index contributed by atoms with van der Waals surface area (Å²) in [7, 11) is 5.18. The van der Waals surface area contributed by atoms with Gasteiger partial charge in [-0.25, -0.2) is 0 Å². The Morgan fingerprint density at radius 3 is 2.04 bits per heavy atom. The molecule has 0 aliphatic carbocycles. The third kappa shape index (κ3) is 9.51. The second kappa shape index (κ2) is 17.0. The minimum absolute atomic E-state index is 0.0936. The monoisotopic (exact) mass is 733 g/mol. The molecule has 18 atom stereocenters. The molecule has 0 aromatic heterocycles. The van der Waals surface area contributed by atoms with Crippen LogP contribution in [0.25, 0.3) is 0 Å². The van der Waals surface area contributed by atoms with Crippen molar-refractivity contribution in [3.8, 4) is 0 Å². The molecule has 3 fully saturated rings. The number of carbonyl (C=O) groups is 2. The number of nitrogens with zero attached hydrogens (tertiary/aromatic N) is 1. The Balaban J connectivity index is 2.18. The van der Waals surface area contributed by atoms with Gasteiger partial charge >= 0.3 is 5.97 Å². The lowest BCUT2D eigenvalue weighted by molar-refractivity contribution is -0.318. The number of hydrogen-bond acceptors (Lipinski definition) is 14. The molecule has 0 aromatic rings. The van der Waals surface area contributed by atoms with E-state index < -0.39 is 108 Å². The number of rotatable bonds is 7. The largest absolute Gasteiger partial charge is 0.459 e. The molecule has 3 aliphatic heterocycles. The van der Waals surface area contributed by atoms with Crippen LogP contribution in [0.2, 0.25) is 0 Å². The summed E-state index contributed by atoms with van der Waals surface area (Å²) in [5.41, 5.74) is -4.84. The van der Waals surface area contributed by atoms with Crippen molar-refractivity contribution < 1.29 is 63.5 Å². The Kier molecular flexibility index (Phi) is 14.7. The number of aliphatic hydroxyl groups excluding tert-OH is 3. The fourth-order valence-corrected chi connectivity index (χ4v) is 8.41. The fraction of sp³-hybridized carbons (Fsp3) is 0.946. The van der Waals surface area contributed by atoms with Crippen molar-refractivity contribution in [2.45, 2.75) is 179 Å². The van der Waals surface area contributed by atoms with Gasteiger partial charge in [0.1, 0.15) is 29.7 Å². The van der Waals surface area contributed by atoms with Gasteiger partial charge in [0.2, 0.25) is 0 Å². The average molecular weight is 734 g/mol. The minimum Gasteiger partial charge on any atom is -0.459 e. The first kappa shape index (κ1) is 44.1. The highest BCUT2D eigenvalue weighted by Crippen LogP contribution is 2.40. The van der Waals surface area contributed by atoms with E-state index in [9.17, 15) is 35.1 Å². The van der Waals surface area contributed by atoms with Crippen LogP contribution in [0.4, 0.5) is 0 Å². The molecule has 14 nitrogen and oxygen atoms in total. The van der Waals surface area contributed by atoms with Crippen LogP contribution in [0, 0.1) is 23.7 Å². The second-order valence-electron chi connectivity index (χ2n) is 16.5. The number of likely N-dealkylation sites (N-methyl/N-ethyl adjacent to an activating group) is 1. The lowest BCUT2D eigenvalue weighted by atomic mass is 9.74. The van der Waals surface area contributed by atoms with Crippen molar-refractivity contribution in [2.75, 3.05) is 21.2 Å². The molecule has 0 amide bonds. The van der Waals surface area contributed by atoms with Gasteiger partial charge < -0.3 is 58.9 Å². The molecular formula is C37H67NO13. The summed E-state index contributed by atoms with van der Waals surface area (Å²) in [5.74, 6) is -4.98. The number of hydrogen-bond donors (Lipinski definition) is 5. The number of Topliss-reactive ketones (excluding diaryl/α,β-unsaturated/α-hetero) is 1. The fourth-order valence-electron chi connectivity index (χ4n) is 8.41. The number of ketones is 1. The van der Waals surface area contributed by atoms with Gasteiger partial charge in [0, 0.05) is 37.3 Å². The highest BCUT2D eigenvalue weighted by molar-refractivity contribution is 5.83. The van der Waals surface area contributed by atoms with Crippen molar-refractivity contribution >= 4 is 11.8 Å². The van der Waals surface area contributed by atoms with Gasteiger partial charge in [0.15, 0.2) is 12.6 Å². The Hall–Kier alpha value is -1.30. The van der Waals surface area contributed by atoms with E-state index in [2.05, 4.69) is 0 Å². The number of cyclic esters (lactones) is 1. The van der Waals surface area contributed by atoms with Gasteiger partial charge in [-0.15, -0.1) is 0 Å². The van der Waals surface area contributed by atoms with Crippen molar-refractivity contribution in [1.82, 2.24) is 4.90 Å². The first-order valence-corrected chi connectivity index (χ1v) is 18.5. The summed E-state index contributed by atoms with van der Waals surface area (Å²) in [4.78, 5) is 29.8. The molecule has 14 heteroatoms. The van der Waals surface area contributed by atoms with E-state index in [1.54, 1.807) is 41.5 Å². The molecule has 0 aromatic carbocycles. The van der Waals surface area contributed by atoms with Crippen molar-refractivity contribution in [3.63, 3.8) is 0 Å². The first-order valence-electron chi connectivity index (χ1n) is 18.5. The first-order chi connectivity index (χ1) is 23.4. The zero-order valence-electron chi connectivity index (χ0n) is 32.9. The molecule has 51 heavy (non-hydrogen) atoms. The summed E-state index contributed by atoms with van der Waals surface area (Å²) in [5, 5.41) is 57.6. The second-order valence-corrected chi connectivity index (χ2v) is 16.5. The molecule has 3 heterocycles. The number of methoxy groups -OCH3 is 1. The molecule has 5 N–H and O–H groups in total. The maximum absolute atomic E-state index is 14.1. The lowest BCUT2D eigenvalue weighted by Gasteiger charge is -2.49. The predicted molar refractivity (Wildman–Crippen MR) is 186 cm³/mol. The summed E-state index contributed by atoms with van der Waals surface area (Å²) >= 11 is 0. The SMILES string of the molecule is CC[C@H]1OC(=O)[C@H](C)[C@@H](OC2C[C@@](C)(OC)[C@@H](O)[C@H](C)O2)[C@H](C)[C@@H](O[C@@H]2O[C@H](C)C[C@H](N(C)C)[C@H]2O)[C@](C)(O)C[C@@H](C)C(=O)[C@H](C)[C@@H](O)[C@]1(C)O. The number of aliphatic hydroxyl groups is 5. The highest BCUT2D eigenvalue weighted by atomic mass is 16.7. The van der Waals surface area contributed by atoms with Crippen LogP contribution < -0.4 is 0 Å². The molecule has 3 rings (SSSR count). The molecular weight excluding hydrogens is 666 g/mol. The summed E-state index contributed by atoms with van der Waals surface area (Å²) in [6.45, 7) is 16.3. The molecule has 3 saturated heterocycles. The lowest BCUT2D eigenvalue weighted by Crippen LogP contribution is -2.61. The Labute approximate surface area is 304 Å². The van der Waals surface area contributed by atoms with E-state index in [1.807, 2.05) is 25.9 Å². The Bertz CT molecular complexity index is 1170. The minimum atomic E-state index is -1.99. The Morgan fingerprint density at radius 2 is 1.49 bits per heavy atom. The third-order valence-electron chi connectivity index (χ3n) is 11.8.